The van der Waals surface area contributed by atoms with Gasteiger partial charge in [0.25, 0.3) is 5.91 Å². The third-order valence-corrected chi connectivity index (χ3v) is 8.33. The number of anilines is 1. The number of nitrogens with one attached hydrogen (secondary N) is 1. The number of carbonyl (C=O) groups excluding carboxylic acids is 2. The molecule has 7 rings (SSSR count). The van der Waals surface area contributed by atoms with Gasteiger partial charge in [0.15, 0.2) is 0 Å². The zero-order valence-electron chi connectivity index (χ0n) is 17.8. The first-order chi connectivity index (χ1) is 15.2. The van der Waals surface area contributed by atoms with E-state index in [-0.39, 0.29) is 11.9 Å². The Morgan fingerprint density at radius 2 is 1.77 bits per heavy atom. The molecule has 2 aromatic rings. The third-order valence-electron chi connectivity index (χ3n) is 7.53. The van der Waals surface area contributed by atoms with Crippen molar-refractivity contribution in [3.05, 3.63) is 23.9 Å². The topological polar surface area (TPSA) is 68.8 Å². The molecule has 0 radical (unpaired) electrons. The van der Waals surface area contributed by atoms with Crippen molar-refractivity contribution in [1.82, 2.24) is 19.5 Å². The number of piperazine rings is 1. The van der Waals surface area contributed by atoms with Crippen LogP contribution in [-0.2, 0) is 4.79 Å². The largest absolute Gasteiger partial charge is 0.368 e. The molecule has 2 bridgehead atoms. The summed E-state index contributed by atoms with van der Waals surface area (Å²) in [5.41, 5.74) is 1.71. The molecule has 5 fully saturated rings. The molecular weight excluding hydrogens is 410 g/mol. The molecule has 1 atom stereocenters. The van der Waals surface area contributed by atoms with Gasteiger partial charge in [-0.05, 0) is 74.4 Å². The van der Waals surface area contributed by atoms with E-state index in [2.05, 4.69) is 31.6 Å². The Morgan fingerprint density at radius 1 is 1.00 bits per heavy atom. The molecule has 164 valence electrons. The summed E-state index contributed by atoms with van der Waals surface area (Å²) < 4.78 is 5.56. The summed E-state index contributed by atoms with van der Waals surface area (Å²) in [4.78, 5) is 32.1. The van der Waals surface area contributed by atoms with Crippen LogP contribution in [0.5, 0.6) is 0 Å². The van der Waals surface area contributed by atoms with E-state index in [1.165, 1.54) is 37.5 Å². The van der Waals surface area contributed by atoms with E-state index in [0.717, 1.165) is 61.3 Å². The number of carbonyl (C=O) groups is 2. The van der Waals surface area contributed by atoms with Gasteiger partial charge in [-0.15, -0.1) is 0 Å². The molecule has 5 aliphatic rings. The molecule has 1 aliphatic carbocycles. The number of benzene rings is 1. The minimum absolute atomic E-state index is 0.0371. The van der Waals surface area contributed by atoms with E-state index in [1.54, 1.807) is 0 Å². The molecular formula is C23H29N5O2S. The number of piperidine rings is 3. The van der Waals surface area contributed by atoms with E-state index in [4.69, 9.17) is 0 Å². The molecule has 31 heavy (non-hydrogen) atoms. The highest BCUT2D eigenvalue weighted by Crippen LogP contribution is 2.33. The van der Waals surface area contributed by atoms with Crippen molar-refractivity contribution in [3.63, 3.8) is 0 Å². The number of nitrogens with zero attached hydrogens (tertiary/aromatic N) is 4. The average molecular weight is 440 g/mol. The lowest BCUT2D eigenvalue weighted by atomic mass is 9.84. The molecule has 7 nitrogen and oxygen atoms in total. The molecule has 1 saturated carbocycles. The number of amides is 2. The number of rotatable bonds is 4. The highest BCUT2D eigenvalue weighted by Gasteiger charge is 2.36. The summed E-state index contributed by atoms with van der Waals surface area (Å²) in [5.74, 6) is 1.21. The standard InChI is InChI=1S/C23H29N5O2S/c29-22(24-19-14-26-7-5-15(19)6-8-26)21-18-4-3-17(13-20(18)31-25-21)27-9-11-28(12-10-27)23(30)16-1-2-16/h3-4,13,15-16,19H,1-2,5-12,14H2,(H,24,29)/t19-/m1/s1. The predicted octanol–water partition coefficient (Wildman–Crippen LogP) is 2.18. The zero-order chi connectivity index (χ0) is 20.9. The van der Waals surface area contributed by atoms with Crippen LogP contribution in [0.15, 0.2) is 18.2 Å². The van der Waals surface area contributed by atoms with Gasteiger partial charge in [0.2, 0.25) is 5.91 Å². The first kappa shape index (κ1) is 19.5. The molecule has 1 aromatic carbocycles. The first-order valence-corrected chi connectivity index (χ1v) is 12.4. The molecule has 4 aliphatic heterocycles. The normalized spacial score (nSPS) is 28.2. The smallest absolute Gasteiger partial charge is 0.271 e. The first-order valence-electron chi connectivity index (χ1n) is 11.6. The Hall–Kier alpha value is -2.19. The van der Waals surface area contributed by atoms with Crippen LogP contribution in [0.3, 0.4) is 0 Å². The van der Waals surface area contributed by atoms with Crippen molar-refractivity contribution in [1.29, 1.82) is 0 Å². The van der Waals surface area contributed by atoms with Crippen LogP contribution >= 0.6 is 11.5 Å². The van der Waals surface area contributed by atoms with E-state index in [0.29, 0.717) is 23.4 Å². The minimum atomic E-state index is -0.0371. The molecule has 0 unspecified atom stereocenters. The highest BCUT2D eigenvalue weighted by molar-refractivity contribution is 7.13. The molecule has 1 aromatic heterocycles. The fourth-order valence-corrected chi connectivity index (χ4v) is 6.23. The van der Waals surface area contributed by atoms with Gasteiger partial charge in [-0.3, -0.25) is 9.59 Å². The van der Waals surface area contributed by atoms with Crippen molar-refractivity contribution in [2.75, 3.05) is 50.7 Å². The van der Waals surface area contributed by atoms with Gasteiger partial charge in [0, 0.05) is 55.8 Å². The summed E-state index contributed by atoms with van der Waals surface area (Å²) in [5, 5.41) is 4.21. The Bertz CT molecular complexity index is 1000. The SMILES string of the molecule is O=C(N[C@@H]1CN2CCC1CC2)c1nsc2cc(N3CCN(C(=O)C4CC4)CC3)ccc12. The lowest BCUT2D eigenvalue weighted by Gasteiger charge is -2.44. The number of fused-ring (bicyclic) bond motifs is 4. The van der Waals surface area contributed by atoms with Gasteiger partial charge in [-0.25, -0.2) is 0 Å². The number of hydrogen-bond acceptors (Lipinski definition) is 6. The second kappa shape index (κ2) is 7.74. The molecule has 1 N–H and O–H groups in total. The van der Waals surface area contributed by atoms with Gasteiger partial charge in [-0.1, -0.05) is 0 Å². The van der Waals surface area contributed by atoms with Crippen LogP contribution in [0.1, 0.15) is 36.2 Å². The average Bonchev–Trinajstić information content (AvgIpc) is 3.58. The molecule has 2 amide bonds. The Labute approximate surface area is 186 Å². The predicted molar refractivity (Wildman–Crippen MR) is 122 cm³/mol. The fourth-order valence-electron chi connectivity index (χ4n) is 5.43. The summed E-state index contributed by atoms with van der Waals surface area (Å²) in [6.45, 7) is 6.61. The molecule has 5 heterocycles. The van der Waals surface area contributed by atoms with E-state index < -0.39 is 0 Å². The second-order valence-electron chi connectivity index (χ2n) is 9.52. The maximum atomic E-state index is 13.0. The Balaban J connectivity index is 1.13. The van der Waals surface area contributed by atoms with Gasteiger partial charge < -0.3 is 20.0 Å². The summed E-state index contributed by atoms with van der Waals surface area (Å²) in [7, 11) is 0. The van der Waals surface area contributed by atoms with E-state index >= 15 is 0 Å². The lowest BCUT2D eigenvalue weighted by molar-refractivity contribution is -0.132. The van der Waals surface area contributed by atoms with Crippen molar-refractivity contribution in [3.8, 4) is 0 Å². The molecule has 0 spiro atoms. The summed E-state index contributed by atoms with van der Waals surface area (Å²) >= 11 is 1.40. The van der Waals surface area contributed by atoms with Crippen LogP contribution in [-0.4, -0.2) is 77.8 Å². The summed E-state index contributed by atoms with van der Waals surface area (Å²) in [6.07, 6.45) is 4.50. The maximum Gasteiger partial charge on any atom is 0.271 e. The maximum absolute atomic E-state index is 13.0. The van der Waals surface area contributed by atoms with E-state index in [1.807, 2.05) is 11.0 Å². The van der Waals surface area contributed by atoms with Crippen LogP contribution in [0.4, 0.5) is 5.69 Å². The van der Waals surface area contributed by atoms with Gasteiger partial charge >= 0.3 is 0 Å². The highest BCUT2D eigenvalue weighted by atomic mass is 32.1. The van der Waals surface area contributed by atoms with Crippen molar-refractivity contribution in [2.24, 2.45) is 11.8 Å². The zero-order valence-corrected chi connectivity index (χ0v) is 18.6. The Morgan fingerprint density at radius 3 is 2.45 bits per heavy atom. The van der Waals surface area contributed by atoms with Gasteiger partial charge in [0.1, 0.15) is 5.69 Å². The van der Waals surface area contributed by atoms with Crippen molar-refractivity contribution >= 4 is 39.1 Å². The fraction of sp³-hybridized carbons (Fsp3) is 0.609. The minimum Gasteiger partial charge on any atom is -0.368 e. The number of aromatic nitrogens is 1. The summed E-state index contributed by atoms with van der Waals surface area (Å²) in [6, 6.07) is 6.54. The van der Waals surface area contributed by atoms with Gasteiger partial charge in [0.05, 0.1) is 4.70 Å². The van der Waals surface area contributed by atoms with Crippen LogP contribution in [0.25, 0.3) is 10.1 Å². The van der Waals surface area contributed by atoms with Gasteiger partial charge in [-0.2, -0.15) is 4.37 Å². The third kappa shape index (κ3) is 3.69. The molecule has 8 heteroatoms. The quantitative estimate of drug-likeness (QED) is 0.791. The van der Waals surface area contributed by atoms with E-state index in [9.17, 15) is 9.59 Å². The van der Waals surface area contributed by atoms with Crippen LogP contribution in [0.2, 0.25) is 0 Å². The number of hydrogen-bond donors (Lipinski definition) is 1. The van der Waals surface area contributed by atoms with Crippen molar-refractivity contribution in [2.45, 2.75) is 31.7 Å². The molecule has 4 saturated heterocycles. The van der Waals surface area contributed by atoms with Crippen molar-refractivity contribution < 1.29 is 9.59 Å². The monoisotopic (exact) mass is 439 g/mol. The lowest BCUT2D eigenvalue weighted by Crippen LogP contribution is -2.57. The van der Waals surface area contributed by atoms with Crippen LogP contribution in [0, 0.1) is 11.8 Å². The Kier molecular flexibility index (Phi) is 4.87. The second-order valence-corrected chi connectivity index (χ2v) is 10.3. The van der Waals surface area contributed by atoms with Crippen LogP contribution < -0.4 is 10.2 Å².